The highest BCUT2D eigenvalue weighted by atomic mass is 16.5. The Hall–Kier alpha value is -3.25. The minimum absolute atomic E-state index is 0.00785. The first-order valence-corrected chi connectivity index (χ1v) is 10.4. The van der Waals surface area contributed by atoms with Gasteiger partial charge in [-0.1, -0.05) is 61.5 Å². The van der Waals surface area contributed by atoms with E-state index >= 15 is 0 Å². The SMILES string of the molecule is CCOC(=O)[C@H](C)C[C@@H](Cc1ccc(-c2ccccc2)cc1)NCC(=O)/C=C/C(=O)O. The van der Waals surface area contributed by atoms with Gasteiger partial charge in [-0.15, -0.1) is 0 Å². The van der Waals surface area contributed by atoms with Crippen LogP contribution in [0.25, 0.3) is 11.1 Å². The smallest absolute Gasteiger partial charge is 0.328 e. The summed E-state index contributed by atoms with van der Waals surface area (Å²) in [6.45, 7) is 3.88. The van der Waals surface area contributed by atoms with Gasteiger partial charge in [0.15, 0.2) is 5.78 Å². The molecule has 0 heterocycles. The number of hydrogen-bond donors (Lipinski definition) is 2. The Bertz CT molecular complexity index is 890. The first kappa shape index (κ1) is 24.0. The molecule has 0 saturated carbocycles. The number of nitrogens with one attached hydrogen (secondary N) is 1. The van der Waals surface area contributed by atoms with Crippen molar-refractivity contribution in [3.63, 3.8) is 0 Å². The maximum Gasteiger partial charge on any atom is 0.328 e. The Labute approximate surface area is 182 Å². The van der Waals surface area contributed by atoms with Crippen molar-refractivity contribution < 1.29 is 24.2 Å². The second-order valence-electron chi connectivity index (χ2n) is 7.37. The largest absolute Gasteiger partial charge is 0.478 e. The van der Waals surface area contributed by atoms with Crippen molar-refractivity contribution in [3.05, 3.63) is 72.3 Å². The third-order valence-corrected chi connectivity index (χ3v) is 4.85. The lowest BCUT2D eigenvalue weighted by atomic mass is 9.95. The number of carbonyl (C=O) groups is 3. The molecule has 0 amide bonds. The number of carbonyl (C=O) groups excluding carboxylic acids is 2. The predicted octanol–water partition coefficient (Wildman–Crippen LogP) is 3.65. The number of carboxylic acid groups (broad SMARTS) is 1. The van der Waals surface area contributed by atoms with Crippen LogP contribution >= 0.6 is 0 Å². The summed E-state index contributed by atoms with van der Waals surface area (Å²) < 4.78 is 5.10. The minimum atomic E-state index is -1.17. The third-order valence-electron chi connectivity index (χ3n) is 4.85. The van der Waals surface area contributed by atoms with Crippen LogP contribution in [0.2, 0.25) is 0 Å². The van der Waals surface area contributed by atoms with Crippen molar-refractivity contribution >= 4 is 17.7 Å². The van der Waals surface area contributed by atoms with E-state index in [2.05, 4.69) is 29.6 Å². The molecule has 2 atom stereocenters. The lowest BCUT2D eigenvalue weighted by Gasteiger charge is -2.21. The molecule has 0 radical (unpaired) electrons. The summed E-state index contributed by atoms with van der Waals surface area (Å²) >= 11 is 0. The second-order valence-corrected chi connectivity index (χ2v) is 7.37. The molecule has 0 saturated heterocycles. The number of aliphatic carboxylic acids is 1. The van der Waals surface area contributed by atoms with E-state index in [4.69, 9.17) is 9.84 Å². The van der Waals surface area contributed by atoms with Crippen molar-refractivity contribution in [2.45, 2.75) is 32.7 Å². The molecule has 0 aliphatic heterocycles. The highest BCUT2D eigenvalue weighted by Crippen LogP contribution is 2.20. The fourth-order valence-corrected chi connectivity index (χ4v) is 3.26. The van der Waals surface area contributed by atoms with Crippen LogP contribution in [0.4, 0.5) is 0 Å². The average Bonchev–Trinajstić information content (AvgIpc) is 2.77. The van der Waals surface area contributed by atoms with Gasteiger partial charge in [-0.05, 0) is 42.5 Å². The molecular formula is C25H29NO5. The second kappa shape index (κ2) is 12.4. The topological polar surface area (TPSA) is 92.7 Å². The molecule has 31 heavy (non-hydrogen) atoms. The minimum Gasteiger partial charge on any atom is -0.478 e. The molecule has 0 spiro atoms. The number of ether oxygens (including phenoxy) is 1. The number of esters is 1. The van der Waals surface area contributed by atoms with Gasteiger partial charge in [0.05, 0.1) is 19.1 Å². The van der Waals surface area contributed by atoms with Gasteiger partial charge in [-0.3, -0.25) is 9.59 Å². The average molecular weight is 424 g/mol. The van der Waals surface area contributed by atoms with E-state index in [9.17, 15) is 14.4 Å². The van der Waals surface area contributed by atoms with Gasteiger partial charge in [0, 0.05) is 12.1 Å². The standard InChI is InChI=1S/C25H29NO5/c1-3-31-25(30)18(2)15-22(26-17-23(27)13-14-24(28)29)16-19-9-11-21(12-10-19)20-7-5-4-6-8-20/h4-14,18,22,26H,3,15-17H2,1-2H3,(H,28,29)/b14-13+/t18-,22+/m1/s1. The lowest BCUT2D eigenvalue weighted by molar-refractivity contribution is -0.147. The van der Waals surface area contributed by atoms with Crippen LogP contribution in [-0.2, 0) is 25.5 Å². The van der Waals surface area contributed by atoms with Gasteiger partial charge in [0.25, 0.3) is 0 Å². The summed E-state index contributed by atoms with van der Waals surface area (Å²) in [5.41, 5.74) is 3.32. The zero-order valence-electron chi connectivity index (χ0n) is 17.9. The van der Waals surface area contributed by atoms with Crippen LogP contribution in [0, 0.1) is 5.92 Å². The zero-order valence-corrected chi connectivity index (χ0v) is 17.9. The predicted molar refractivity (Wildman–Crippen MR) is 120 cm³/mol. The number of benzene rings is 2. The van der Waals surface area contributed by atoms with Crippen molar-refractivity contribution in [1.29, 1.82) is 0 Å². The summed E-state index contributed by atoms with van der Waals surface area (Å²) in [6, 6.07) is 18.1. The van der Waals surface area contributed by atoms with Gasteiger partial charge >= 0.3 is 11.9 Å². The number of rotatable bonds is 12. The Morgan fingerprint density at radius 2 is 1.65 bits per heavy atom. The van der Waals surface area contributed by atoms with E-state index in [1.807, 2.05) is 30.3 Å². The van der Waals surface area contributed by atoms with Gasteiger partial charge in [0.1, 0.15) is 0 Å². The molecule has 2 aromatic carbocycles. The van der Waals surface area contributed by atoms with Crippen LogP contribution in [0.15, 0.2) is 66.7 Å². The van der Waals surface area contributed by atoms with Crippen LogP contribution < -0.4 is 5.32 Å². The van der Waals surface area contributed by atoms with Crippen LogP contribution in [0.5, 0.6) is 0 Å². The highest BCUT2D eigenvalue weighted by Gasteiger charge is 2.20. The van der Waals surface area contributed by atoms with Crippen molar-refractivity contribution in [2.75, 3.05) is 13.2 Å². The van der Waals surface area contributed by atoms with E-state index in [0.717, 1.165) is 28.8 Å². The molecular weight excluding hydrogens is 394 g/mol. The maximum absolute atomic E-state index is 12.1. The van der Waals surface area contributed by atoms with Gasteiger partial charge < -0.3 is 15.2 Å². The quantitative estimate of drug-likeness (QED) is 0.400. The Morgan fingerprint density at radius 1 is 1.00 bits per heavy atom. The van der Waals surface area contributed by atoms with Crippen LogP contribution in [-0.4, -0.2) is 42.0 Å². The number of carboxylic acids is 1. The van der Waals surface area contributed by atoms with Gasteiger partial charge in [-0.25, -0.2) is 4.79 Å². The van der Waals surface area contributed by atoms with Gasteiger partial charge in [-0.2, -0.15) is 0 Å². The first-order chi connectivity index (χ1) is 14.9. The molecule has 0 aliphatic rings. The fraction of sp³-hybridized carbons (Fsp3) is 0.320. The molecule has 6 heteroatoms. The summed E-state index contributed by atoms with van der Waals surface area (Å²) in [4.78, 5) is 34.6. The van der Waals surface area contributed by atoms with E-state index in [0.29, 0.717) is 19.4 Å². The summed E-state index contributed by atoms with van der Waals surface area (Å²) in [6.07, 6.45) is 2.97. The maximum atomic E-state index is 12.1. The lowest BCUT2D eigenvalue weighted by Crippen LogP contribution is -2.37. The summed E-state index contributed by atoms with van der Waals surface area (Å²) in [5.74, 6) is -2.11. The van der Waals surface area contributed by atoms with E-state index in [-0.39, 0.29) is 30.3 Å². The monoisotopic (exact) mass is 423 g/mol. The number of hydrogen-bond acceptors (Lipinski definition) is 5. The molecule has 164 valence electrons. The Kier molecular flexibility index (Phi) is 9.65. The fourth-order valence-electron chi connectivity index (χ4n) is 3.26. The Balaban J connectivity index is 2.06. The molecule has 2 aromatic rings. The van der Waals surface area contributed by atoms with Crippen molar-refractivity contribution in [2.24, 2.45) is 5.92 Å². The number of ketones is 1. The third kappa shape index (κ3) is 8.56. The van der Waals surface area contributed by atoms with Crippen molar-refractivity contribution in [3.8, 4) is 11.1 Å². The molecule has 0 bridgehead atoms. The Morgan fingerprint density at radius 3 is 2.26 bits per heavy atom. The van der Waals surface area contributed by atoms with Crippen molar-refractivity contribution in [1.82, 2.24) is 5.32 Å². The van der Waals surface area contributed by atoms with E-state index in [1.165, 1.54) is 0 Å². The van der Waals surface area contributed by atoms with E-state index < -0.39 is 5.97 Å². The normalized spacial score (nSPS) is 13.0. The molecule has 0 aromatic heterocycles. The summed E-state index contributed by atoms with van der Waals surface area (Å²) in [5, 5.41) is 11.8. The van der Waals surface area contributed by atoms with Crippen LogP contribution in [0.1, 0.15) is 25.8 Å². The molecule has 6 nitrogen and oxygen atoms in total. The summed E-state index contributed by atoms with van der Waals surface area (Å²) in [7, 11) is 0. The molecule has 2 N–H and O–H groups in total. The van der Waals surface area contributed by atoms with Gasteiger partial charge in [0.2, 0.25) is 0 Å². The highest BCUT2D eigenvalue weighted by molar-refractivity contribution is 5.96. The zero-order chi connectivity index (χ0) is 22.6. The molecule has 0 aliphatic carbocycles. The molecule has 0 unspecified atom stereocenters. The first-order valence-electron chi connectivity index (χ1n) is 10.4. The van der Waals surface area contributed by atoms with E-state index in [1.54, 1.807) is 13.8 Å². The molecule has 0 fully saturated rings. The molecule has 2 rings (SSSR count). The van der Waals surface area contributed by atoms with Crippen LogP contribution in [0.3, 0.4) is 0 Å².